The van der Waals surface area contributed by atoms with Crippen molar-refractivity contribution in [2.75, 3.05) is 49.5 Å². The van der Waals surface area contributed by atoms with Gasteiger partial charge in [0.1, 0.15) is 0 Å². The zero-order valence-electron chi connectivity index (χ0n) is 17.5. The predicted octanol–water partition coefficient (Wildman–Crippen LogP) is 4.86. The van der Waals surface area contributed by atoms with Crippen molar-refractivity contribution in [1.82, 2.24) is 10.2 Å². The summed E-state index contributed by atoms with van der Waals surface area (Å²) >= 11 is 1.65. The second-order valence-corrected chi connectivity index (χ2v) is 9.83. The number of alkyl halides is 3. The smallest absolute Gasteiger partial charge is 0.373 e. The summed E-state index contributed by atoms with van der Waals surface area (Å²) in [5.41, 5.74) is 4.30. The fourth-order valence-electron chi connectivity index (χ4n) is 4.74. The summed E-state index contributed by atoms with van der Waals surface area (Å²) in [6, 6.07) is 10.6. The highest BCUT2D eigenvalue weighted by Gasteiger charge is 2.44. The topological polar surface area (TPSA) is 30.5 Å². The predicted molar refractivity (Wildman–Crippen MR) is 121 cm³/mol. The van der Waals surface area contributed by atoms with Crippen molar-refractivity contribution in [1.29, 1.82) is 0 Å². The monoisotopic (exact) mass is 448 g/mol. The Balaban J connectivity index is 1.41. The Hall–Kier alpha value is -2.19. The molecule has 3 aliphatic heterocycles. The third kappa shape index (κ3) is 4.15. The van der Waals surface area contributed by atoms with E-state index < -0.39 is 12.1 Å². The van der Waals surface area contributed by atoms with Crippen molar-refractivity contribution >= 4 is 28.4 Å². The lowest BCUT2D eigenvalue weighted by Gasteiger charge is -2.31. The fraction of sp³-hybridized carbons (Fsp3) is 0.478. The number of anilines is 2. The Kier molecular flexibility index (Phi) is 5.38. The van der Waals surface area contributed by atoms with Crippen LogP contribution < -0.4 is 15.5 Å². The van der Waals surface area contributed by atoms with Crippen molar-refractivity contribution < 1.29 is 13.2 Å². The Morgan fingerprint density at radius 1 is 1.03 bits per heavy atom. The van der Waals surface area contributed by atoms with Crippen molar-refractivity contribution in [3.05, 3.63) is 51.7 Å². The van der Waals surface area contributed by atoms with E-state index in [9.17, 15) is 13.2 Å². The highest BCUT2D eigenvalue weighted by molar-refractivity contribution is 7.13. The Bertz CT molecular complexity index is 960. The number of aryl methyl sites for hydroxylation is 1. The SMILES string of the molecule is Cc1cc2c(s1)C(N1CCC(C(F)(F)F)C1)=CC(c1ccc(N3CCNCC3)cc1)N2. The summed E-state index contributed by atoms with van der Waals surface area (Å²) in [5.74, 6) is -1.25. The Labute approximate surface area is 184 Å². The molecule has 2 atom stereocenters. The molecule has 1 aromatic heterocycles. The van der Waals surface area contributed by atoms with Crippen molar-refractivity contribution in [3.63, 3.8) is 0 Å². The van der Waals surface area contributed by atoms with Gasteiger partial charge in [-0.05, 0) is 43.2 Å². The minimum atomic E-state index is -4.13. The molecule has 5 rings (SSSR count). The zero-order chi connectivity index (χ0) is 21.6. The lowest BCUT2D eigenvalue weighted by molar-refractivity contribution is -0.169. The van der Waals surface area contributed by atoms with Crippen LogP contribution in [0, 0.1) is 12.8 Å². The lowest BCUT2D eigenvalue weighted by atomic mass is 10.0. The number of nitrogens with zero attached hydrogens (tertiary/aromatic N) is 2. The van der Waals surface area contributed by atoms with E-state index in [0.717, 1.165) is 52.9 Å². The van der Waals surface area contributed by atoms with Gasteiger partial charge >= 0.3 is 6.18 Å². The molecule has 2 unspecified atom stereocenters. The van der Waals surface area contributed by atoms with Gasteiger partial charge in [0.25, 0.3) is 0 Å². The number of nitrogens with one attached hydrogen (secondary N) is 2. The molecule has 2 saturated heterocycles. The number of hydrogen-bond acceptors (Lipinski definition) is 5. The molecule has 166 valence electrons. The van der Waals surface area contributed by atoms with Gasteiger partial charge in [-0.1, -0.05) is 12.1 Å². The molecule has 0 bridgehead atoms. The fourth-order valence-corrected chi connectivity index (χ4v) is 5.77. The minimum absolute atomic E-state index is 0.0420. The molecule has 0 spiro atoms. The maximum atomic E-state index is 13.3. The molecule has 2 aromatic rings. The van der Waals surface area contributed by atoms with E-state index in [1.54, 1.807) is 11.3 Å². The second-order valence-electron chi connectivity index (χ2n) is 8.58. The van der Waals surface area contributed by atoms with Crippen molar-refractivity contribution in [2.45, 2.75) is 25.6 Å². The summed E-state index contributed by atoms with van der Waals surface area (Å²) in [4.78, 5) is 6.51. The number of hydrogen-bond donors (Lipinski definition) is 2. The van der Waals surface area contributed by atoms with E-state index in [2.05, 4.69) is 51.9 Å². The lowest BCUT2D eigenvalue weighted by Crippen LogP contribution is -2.43. The molecule has 2 fully saturated rings. The average molecular weight is 449 g/mol. The quantitative estimate of drug-likeness (QED) is 0.702. The van der Waals surface area contributed by atoms with E-state index in [-0.39, 0.29) is 19.0 Å². The van der Waals surface area contributed by atoms with Crippen LogP contribution in [-0.2, 0) is 0 Å². The van der Waals surface area contributed by atoms with E-state index in [1.165, 1.54) is 5.69 Å². The van der Waals surface area contributed by atoms with E-state index in [4.69, 9.17) is 0 Å². The normalized spacial score (nSPS) is 24.1. The van der Waals surface area contributed by atoms with Crippen LogP contribution in [0.4, 0.5) is 24.5 Å². The molecular weight excluding hydrogens is 421 g/mol. The third-order valence-corrected chi connectivity index (χ3v) is 7.52. The van der Waals surface area contributed by atoms with Crippen LogP contribution >= 0.6 is 11.3 Å². The van der Waals surface area contributed by atoms with E-state index in [0.29, 0.717) is 6.54 Å². The first-order valence-electron chi connectivity index (χ1n) is 10.8. The first kappa shape index (κ1) is 20.7. The van der Waals surface area contributed by atoms with Crippen LogP contribution in [0.1, 0.15) is 27.8 Å². The molecule has 4 heterocycles. The molecule has 0 amide bonds. The molecule has 8 heteroatoms. The molecule has 31 heavy (non-hydrogen) atoms. The third-order valence-electron chi connectivity index (χ3n) is 6.45. The number of piperazine rings is 1. The number of halogens is 3. The molecular formula is C23H27F3N4S. The zero-order valence-corrected chi connectivity index (χ0v) is 18.3. The van der Waals surface area contributed by atoms with Gasteiger partial charge in [0.2, 0.25) is 0 Å². The van der Waals surface area contributed by atoms with Gasteiger partial charge in [-0.25, -0.2) is 0 Å². The largest absolute Gasteiger partial charge is 0.393 e. The Morgan fingerprint density at radius 3 is 2.45 bits per heavy atom. The van der Waals surface area contributed by atoms with Gasteiger partial charge in [0.05, 0.1) is 28.2 Å². The molecule has 3 aliphatic rings. The highest BCUT2D eigenvalue weighted by atomic mass is 32.1. The molecule has 2 N–H and O–H groups in total. The second kappa shape index (κ2) is 8.06. The first-order valence-corrected chi connectivity index (χ1v) is 11.7. The molecule has 0 saturated carbocycles. The van der Waals surface area contributed by atoms with Crippen LogP contribution in [0.3, 0.4) is 0 Å². The van der Waals surface area contributed by atoms with Crippen LogP contribution in [0.2, 0.25) is 0 Å². The van der Waals surface area contributed by atoms with Gasteiger partial charge in [0.15, 0.2) is 0 Å². The molecule has 4 nitrogen and oxygen atoms in total. The van der Waals surface area contributed by atoms with Crippen molar-refractivity contribution in [2.24, 2.45) is 5.92 Å². The van der Waals surface area contributed by atoms with Gasteiger partial charge in [-0.3, -0.25) is 0 Å². The number of benzene rings is 1. The highest BCUT2D eigenvalue weighted by Crippen LogP contribution is 2.45. The molecule has 0 aliphatic carbocycles. The first-order chi connectivity index (χ1) is 14.9. The standard InChI is InChI=1S/C23H27F3N4S/c1-15-12-20-22(31-15)21(30-9-6-17(14-30)23(24,25)26)13-19(28-20)16-2-4-18(5-3-16)29-10-7-27-8-11-29/h2-5,12-13,17,19,27-28H,6-11,14H2,1H3. The van der Waals surface area contributed by atoms with Gasteiger partial charge < -0.3 is 20.4 Å². The maximum absolute atomic E-state index is 13.3. The summed E-state index contributed by atoms with van der Waals surface area (Å²) in [7, 11) is 0. The van der Waals surface area contributed by atoms with Crippen LogP contribution in [-0.4, -0.2) is 50.3 Å². The van der Waals surface area contributed by atoms with Crippen molar-refractivity contribution in [3.8, 4) is 0 Å². The van der Waals surface area contributed by atoms with Crippen LogP contribution in [0.25, 0.3) is 5.70 Å². The maximum Gasteiger partial charge on any atom is 0.393 e. The number of likely N-dealkylation sites (tertiary alicyclic amines) is 1. The van der Waals surface area contributed by atoms with Gasteiger partial charge in [0, 0.05) is 49.8 Å². The minimum Gasteiger partial charge on any atom is -0.373 e. The van der Waals surface area contributed by atoms with E-state index in [1.807, 2.05) is 11.8 Å². The number of fused-ring (bicyclic) bond motifs is 1. The number of thiophene rings is 1. The summed E-state index contributed by atoms with van der Waals surface area (Å²) in [6.45, 7) is 6.51. The summed E-state index contributed by atoms with van der Waals surface area (Å²) in [6.07, 6.45) is -1.86. The number of rotatable bonds is 3. The van der Waals surface area contributed by atoms with Crippen LogP contribution in [0.15, 0.2) is 36.4 Å². The Morgan fingerprint density at radius 2 is 1.77 bits per heavy atom. The van der Waals surface area contributed by atoms with Gasteiger partial charge in [-0.2, -0.15) is 13.2 Å². The average Bonchev–Trinajstić information content (AvgIpc) is 3.40. The summed E-state index contributed by atoms with van der Waals surface area (Å²) in [5, 5.41) is 6.96. The molecule has 0 radical (unpaired) electrons. The molecule has 1 aromatic carbocycles. The van der Waals surface area contributed by atoms with Crippen LogP contribution in [0.5, 0.6) is 0 Å². The van der Waals surface area contributed by atoms with E-state index >= 15 is 0 Å². The summed E-state index contributed by atoms with van der Waals surface area (Å²) < 4.78 is 39.8. The van der Waals surface area contributed by atoms with Gasteiger partial charge in [-0.15, -0.1) is 11.3 Å².